The van der Waals surface area contributed by atoms with Gasteiger partial charge in [0.05, 0.1) is 5.60 Å². The first kappa shape index (κ1) is 12.3. The fraction of sp³-hybridized carbons (Fsp3) is 0.417. The molecular weight excluding hydrogens is 241 g/mol. The smallest absolute Gasteiger partial charge is 0.262 e. The summed E-state index contributed by atoms with van der Waals surface area (Å²) in [7, 11) is 0. The molecule has 17 heavy (non-hydrogen) atoms. The van der Waals surface area contributed by atoms with Crippen LogP contribution >= 0.6 is 12.2 Å². The Labute approximate surface area is 105 Å². The summed E-state index contributed by atoms with van der Waals surface area (Å²) in [4.78, 5) is 0. The SMILES string of the molecule is OC1(CF)CC(NC(=S)Oc2ccccc2)C1. The third kappa shape index (κ3) is 3.14. The zero-order chi connectivity index (χ0) is 12.3. The van der Waals surface area contributed by atoms with Crippen LogP contribution in [0.5, 0.6) is 5.75 Å². The number of thiocarbonyl (C=S) groups is 1. The van der Waals surface area contributed by atoms with Gasteiger partial charge in [-0.1, -0.05) is 18.2 Å². The second-order valence-corrected chi connectivity index (χ2v) is 4.68. The van der Waals surface area contributed by atoms with Crippen LogP contribution in [0, 0.1) is 0 Å². The van der Waals surface area contributed by atoms with E-state index in [0.29, 0.717) is 18.6 Å². The Balaban J connectivity index is 1.76. The highest BCUT2D eigenvalue weighted by atomic mass is 32.1. The van der Waals surface area contributed by atoms with Gasteiger partial charge in [-0.3, -0.25) is 0 Å². The summed E-state index contributed by atoms with van der Waals surface area (Å²) in [6.45, 7) is -0.711. The maximum Gasteiger partial charge on any atom is 0.262 e. The van der Waals surface area contributed by atoms with E-state index < -0.39 is 12.3 Å². The molecule has 92 valence electrons. The predicted octanol–water partition coefficient (Wildman–Crippen LogP) is 1.80. The normalized spacial score (nSPS) is 27.1. The quantitative estimate of drug-likeness (QED) is 0.808. The zero-order valence-electron chi connectivity index (χ0n) is 9.23. The first-order valence-corrected chi connectivity index (χ1v) is 5.84. The van der Waals surface area contributed by atoms with Crippen LogP contribution in [0.15, 0.2) is 30.3 Å². The van der Waals surface area contributed by atoms with Gasteiger partial charge in [0, 0.05) is 6.04 Å². The highest BCUT2D eigenvalue weighted by molar-refractivity contribution is 7.80. The van der Waals surface area contributed by atoms with E-state index in [1.165, 1.54) is 0 Å². The van der Waals surface area contributed by atoms with Crippen LogP contribution in [0.4, 0.5) is 4.39 Å². The molecule has 0 aromatic heterocycles. The van der Waals surface area contributed by atoms with E-state index in [0.717, 1.165) is 0 Å². The molecule has 3 nitrogen and oxygen atoms in total. The zero-order valence-corrected chi connectivity index (χ0v) is 10.0. The first-order valence-electron chi connectivity index (χ1n) is 5.43. The molecule has 0 amide bonds. The van der Waals surface area contributed by atoms with E-state index in [4.69, 9.17) is 17.0 Å². The van der Waals surface area contributed by atoms with Gasteiger partial charge >= 0.3 is 0 Å². The standard InChI is InChI=1S/C12H14FNO2S/c13-8-12(15)6-9(7-12)14-11(17)16-10-4-2-1-3-5-10/h1-5,9,15H,6-8H2,(H,14,17). The molecule has 1 aliphatic carbocycles. The van der Waals surface area contributed by atoms with Gasteiger partial charge in [-0.15, -0.1) is 0 Å². The molecule has 5 heteroatoms. The second kappa shape index (κ2) is 4.98. The van der Waals surface area contributed by atoms with Crippen LogP contribution in [0.1, 0.15) is 12.8 Å². The van der Waals surface area contributed by atoms with Crippen LogP contribution in [0.2, 0.25) is 0 Å². The minimum atomic E-state index is -1.17. The molecule has 0 aliphatic heterocycles. The first-order chi connectivity index (χ1) is 8.11. The summed E-state index contributed by atoms with van der Waals surface area (Å²) in [6.07, 6.45) is 0.726. The van der Waals surface area contributed by atoms with E-state index in [1.807, 2.05) is 18.2 Å². The number of alkyl halides is 1. The Morgan fingerprint density at radius 2 is 2.12 bits per heavy atom. The van der Waals surface area contributed by atoms with Crippen molar-refractivity contribution in [3.63, 3.8) is 0 Å². The minimum absolute atomic E-state index is 0.00744. The number of benzene rings is 1. The van der Waals surface area contributed by atoms with E-state index in [-0.39, 0.29) is 11.2 Å². The number of hydrogen-bond acceptors (Lipinski definition) is 3. The average molecular weight is 255 g/mol. The molecular formula is C12H14FNO2S. The summed E-state index contributed by atoms with van der Waals surface area (Å²) in [5.41, 5.74) is -1.17. The maximum absolute atomic E-state index is 12.3. The van der Waals surface area contributed by atoms with Gasteiger partial charge in [0.25, 0.3) is 5.17 Å². The molecule has 0 saturated heterocycles. The number of aliphatic hydroxyl groups is 1. The Bertz CT molecular complexity index is 393. The Morgan fingerprint density at radius 3 is 2.71 bits per heavy atom. The topological polar surface area (TPSA) is 41.5 Å². The Morgan fingerprint density at radius 1 is 1.47 bits per heavy atom. The third-order valence-electron chi connectivity index (χ3n) is 2.78. The molecule has 1 fully saturated rings. The van der Waals surface area contributed by atoms with E-state index in [2.05, 4.69) is 5.32 Å². The van der Waals surface area contributed by atoms with Crippen molar-refractivity contribution in [3.05, 3.63) is 30.3 Å². The van der Waals surface area contributed by atoms with Crippen LogP contribution in [0.25, 0.3) is 0 Å². The van der Waals surface area contributed by atoms with Crippen molar-refractivity contribution in [2.75, 3.05) is 6.67 Å². The lowest BCUT2D eigenvalue weighted by Gasteiger charge is -2.42. The molecule has 0 atom stereocenters. The van der Waals surface area contributed by atoms with Gasteiger partial charge in [0.2, 0.25) is 0 Å². The number of halogens is 1. The molecule has 2 N–H and O–H groups in total. The summed E-state index contributed by atoms with van der Waals surface area (Å²) < 4.78 is 17.7. The average Bonchev–Trinajstić information content (AvgIpc) is 2.28. The number of ether oxygens (including phenoxy) is 1. The van der Waals surface area contributed by atoms with Gasteiger partial charge in [0.1, 0.15) is 12.4 Å². The molecule has 2 rings (SSSR count). The summed E-state index contributed by atoms with van der Waals surface area (Å²) >= 11 is 5.01. The van der Waals surface area contributed by atoms with Gasteiger partial charge in [-0.05, 0) is 37.2 Å². The van der Waals surface area contributed by atoms with E-state index >= 15 is 0 Å². The van der Waals surface area contributed by atoms with Crippen LogP contribution in [-0.4, -0.2) is 28.6 Å². The summed E-state index contributed by atoms with van der Waals surface area (Å²) in [5, 5.41) is 12.7. The largest absolute Gasteiger partial charge is 0.432 e. The second-order valence-electron chi connectivity index (χ2n) is 4.31. The number of hydrogen-bond donors (Lipinski definition) is 2. The van der Waals surface area contributed by atoms with Crippen molar-refractivity contribution in [1.29, 1.82) is 0 Å². The van der Waals surface area contributed by atoms with E-state index in [1.54, 1.807) is 12.1 Å². The molecule has 1 aliphatic rings. The van der Waals surface area contributed by atoms with Crippen molar-refractivity contribution in [2.24, 2.45) is 0 Å². The lowest BCUT2D eigenvalue weighted by molar-refractivity contribution is -0.0683. The molecule has 1 aromatic carbocycles. The van der Waals surface area contributed by atoms with E-state index in [9.17, 15) is 9.50 Å². The predicted molar refractivity (Wildman–Crippen MR) is 66.8 cm³/mol. The molecule has 0 heterocycles. The molecule has 1 saturated carbocycles. The lowest BCUT2D eigenvalue weighted by atomic mass is 9.77. The fourth-order valence-corrected chi connectivity index (χ4v) is 2.12. The van der Waals surface area contributed by atoms with Gasteiger partial charge < -0.3 is 15.2 Å². The molecule has 0 spiro atoms. The minimum Gasteiger partial charge on any atom is -0.432 e. The fourth-order valence-electron chi connectivity index (χ4n) is 1.86. The van der Waals surface area contributed by atoms with Crippen molar-refractivity contribution < 1.29 is 14.2 Å². The third-order valence-corrected chi connectivity index (χ3v) is 2.98. The maximum atomic E-state index is 12.3. The van der Waals surface area contributed by atoms with Crippen molar-refractivity contribution >= 4 is 17.4 Å². The monoisotopic (exact) mass is 255 g/mol. The molecule has 0 unspecified atom stereocenters. The number of nitrogens with one attached hydrogen (secondary N) is 1. The Hall–Kier alpha value is -1.20. The van der Waals surface area contributed by atoms with Crippen LogP contribution in [0.3, 0.4) is 0 Å². The highest BCUT2D eigenvalue weighted by Crippen LogP contribution is 2.32. The summed E-state index contributed by atoms with van der Waals surface area (Å²) in [6, 6.07) is 9.18. The number of rotatable bonds is 3. The van der Waals surface area contributed by atoms with Gasteiger partial charge in [-0.25, -0.2) is 4.39 Å². The van der Waals surface area contributed by atoms with Crippen molar-refractivity contribution in [3.8, 4) is 5.75 Å². The van der Waals surface area contributed by atoms with Crippen LogP contribution in [-0.2, 0) is 0 Å². The van der Waals surface area contributed by atoms with Crippen LogP contribution < -0.4 is 10.1 Å². The number of para-hydroxylation sites is 1. The Kier molecular flexibility index (Phi) is 3.59. The summed E-state index contributed by atoms with van der Waals surface area (Å²) in [5.74, 6) is 0.657. The lowest BCUT2D eigenvalue weighted by Crippen LogP contribution is -2.56. The van der Waals surface area contributed by atoms with Gasteiger partial charge in [0.15, 0.2) is 0 Å². The molecule has 1 aromatic rings. The molecule has 0 radical (unpaired) electrons. The highest BCUT2D eigenvalue weighted by Gasteiger charge is 2.43. The van der Waals surface area contributed by atoms with Gasteiger partial charge in [-0.2, -0.15) is 0 Å². The van der Waals surface area contributed by atoms with Crippen molar-refractivity contribution in [1.82, 2.24) is 5.32 Å². The molecule has 0 bridgehead atoms. The van der Waals surface area contributed by atoms with Crippen molar-refractivity contribution in [2.45, 2.75) is 24.5 Å².